The van der Waals surface area contributed by atoms with Crippen LogP contribution in [0.15, 0.2) is 41.8 Å². The number of aryl methyl sites for hydroxylation is 1. The summed E-state index contributed by atoms with van der Waals surface area (Å²) in [6.07, 6.45) is 0.868. The highest BCUT2D eigenvalue weighted by Gasteiger charge is 2.26. The normalized spacial score (nSPS) is 16.1. The summed E-state index contributed by atoms with van der Waals surface area (Å²) in [4.78, 5) is 28.8. The van der Waals surface area contributed by atoms with Gasteiger partial charge in [-0.3, -0.25) is 9.59 Å². The Labute approximate surface area is 165 Å². The topological polar surface area (TPSA) is 53.9 Å². The molecular weight excluding hydrogens is 358 g/mol. The molecule has 0 bridgehead atoms. The van der Waals surface area contributed by atoms with Crippen molar-refractivity contribution in [3.63, 3.8) is 0 Å². The molecule has 5 nitrogen and oxygen atoms in total. The summed E-state index contributed by atoms with van der Waals surface area (Å²) in [6.45, 7) is 7.65. The van der Waals surface area contributed by atoms with Crippen molar-refractivity contribution in [2.45, 2.75) is 26.3 Å². The van der Waals surface area contributed by atoms with Gasteiger partial charge in [-0.2, -0.15) is 0 Å². The number of carbonyl (C=O) groups is 2. The lowest BCUT2D eigenvalue weighted by atomic mass is 10.0. The average Bonchev–Trinajstić information content (AvgIpc) is 3.22. The van der Waals surface area contributed by atoms with E-state index in [1.54, 1.807) is 0 Å². The van der Waals surface area contributed by atoms with Crippen molar-refractivity contribution >= 4 is 23.2 Å². The minimum Gasteiger partial charge on any atom is -0.344 e. The highest BCUT2D eigenvalue weighted by Crippen LogP contribution is 2.17. The van der Waals surface area contributed by atoms with E-state index < -0.39 is 0 Å². The lowest BCUT2D eigenvalue weighted by molar-refractivity contribution is -0.896. The first-order chi connectivity index (χ1) is 13.1. The lowest BCUT2D eigenvalue weighted by Gasteiger charge is -2.32. The smallest absolute Gasteiger partial charge is 0.275 e. The maximum atomic E-state index is 12.5. The van der Waals surface area contributed by atoms with Crippen LogP contribution in [0.3, 0.4) is 0 Å². The van der Waals surface area contributed by atoms with Gasteiger partial charge in [-0.05, 0) is 30.4 Å². The minimum absolute atomic E-state index is 0.0548. The van der Waals surface area contributed by atoms with E-state index in [0.717, 1.165) is 30.0 Å². The molecule has 6 heteroatoms. The molecule has 1 aromatic carbocycles. The Kier molecular flexibility index (Phi) is 6.63. The molecule has 2 N–H and O–H groups in total. The van der Waals surface area contributed by atoms with Crippen LogP contribution in [0.5, 0.6) is 0 Å². The average molecular weight is 387 g/mol. The van der Waals surface area contributed by atoms with E-state index in [0.29, 0.717) is 19.6 Å². The number of nitrogens with zero attached hydrogens (tertiary/aromatic N) is 1. The summed E-state index contributed by atoms with van der Waals surface area (Å²) in [5, 5.41) is 5.10. The van der Waals surface area contributed by atoms with E-state index in [2.05, 4.69) is 43.4 Å². The van der Waals surface area contributed by atoms with Crippen molar-refractivity contribution in [2.24, 2.45) is 0 Å². The van der Waals surface area contributed by atoms with Gasteiger partial charge in [-0.15, -0.1) is 11.3 Å². The van der Waals surface area contributed by atoms with Gasteiger partial charge >= 0.3 is 0 Å². The predicted molar refractivity (Wildman–Crippen MR) is 108 cm³/mol. The van der Waals surface area contributed by atoms with Gasteiger partial charge in [0.2, 0.25) is 0 Å². The predicted octanol–water partition coefficient (Wildman–Crippen LogP) is 1.66. The Morgan fingerprint density at radius 1 is 1.19 bits per heavy atom. The standard InChI is InChI=1S/C21H27N3O2S/c1-3-18(17-8-6-16(2)7-9-17)22-20(25)15-23-10-12-24(13-11-23)21(26)19-5-4-14-27-19/h4-9,14,18H,3,10-13,15H2,1-2H3,(H,22,25)/p+1/t18-/m0/s1. The summed E-state index contributed by atoms with van der Waals surface area (Å²) >= 11 is 1.48. The van der Waals surface area contributed by atoms with Gasteiger partial charge in [-0.1, -0.05) is 42.8 Å². The van der Waals surface area contributed by atoms with Crippen LogP contribution in [-0.4, -0.2) is 49.4 Å². The Hall–Kier alpha value is -2.18. The van der Waals surface area contributed by atoms with Crippen LogP contribution in [0.25, 0.3) is 0 Å². The van der Waals surface area contributed by atoms with E-state index >= 15 is 0 Å². The van der Waals surface area contributed by atoms with Crippen LogP contribution in [0.4, 0.5) is 0 Å². The molecule has 0 aliphatic carbocycles. The van der Waals surface area contributed by atoms with Crippen molar-refractivity contribution in [1.82, 2.24) is 10.2 Å². The van der Waals surface area contributed by atoms with E-state index in [1.165, 1.54) is 21.8 Å². The number of nitrogens with one attached hydrogen (secondary N) is 2. The number of piperazine rings is 1. The zero-order valence-electron chi connectivity index (χ0n) is 16.0. The summed E-state index contributed by atoms with van der Waals surface area (Å²) in [5.41, 5.74) is 2.37. The molecule has 1 aliphatic heterocycles. The fourth-order valence-corrected chi connectivity index (χ4v) is 4.14. The number of hydrogen-bond donors (Lipinski definition) is 2. The Bertz CT molecular complexity index is 750. The summed E-state index contributed by atoms with van der Waals surface area (Å²) in [5.74, 6) is 0.189. The van der Waals surface area contributed by atoms with Crippen molar-refractivity contribution in [1.29, 1.82) is 0 Å². The quantitative estimate of drug-likeness (QED) is 0.793. The van der Waals surface area contributed by atoms with E-state index in [-0.39, 0.29) is 17.9 Å². The maximum absolute atomic E-state index is 12.5. The second-order valence-corrected chi connectivity index (χ2v) is 8.08. The SMILES string of the molecule is CC[C@H](NC(=O)C[NH+]1CCN(C(=O)c2cccs2)CC1)c1ccc(C)cc1. The number of rotatable bonds is 6. The number of carbonyl (C=O) groups excluding carboxylic acids is 2. The van der Waals surface area contributed by atoms with Gasteiger partial charge in [0.15, 0.2) is 6.54 Å². The van der Waals surface area contributed by atoms with Crippen LogP contribution in [0.1, 0.15) is 40.2 Å². The van der Waals surface area contributed by atoms with Crippen molar-refractivity contribution in [3.05, 3.63) is 57.8 Å². The summed E-state index contributed by atoms with van der Waals surface area (Å²) < 4.78 is 0. The zero-order valence-corrected chi connectivity index (χ0v) is 16.8. The molecule has 144 valence electrons. The van der Waals surface area contributed by atoms with Crippen molar-refractivity contribution < 1.29 is 14.5 Å². The number of benzene rings is 1. The van der Waals surface area contributed by atoms with Gasteiger partial charge in [-0.25, -0.2) is 0 Å². The van der Waals surface area contributed by atoms with Crippen LogP contribution in [0, 0.1) is 6.92 Å². The first-order valence-corrected chi connectivity index (χ1v) is 10.5. The molecule has 0 spiro atoms. The fourth-order valence-electron chi connectivity index (χ4n) is 3.45. The molecule has 0 radical (unpaired) electrons. The van der Waals surface area contributed by atoms with E-state index in [1.807, 2.05) is 22.4 Å². The van der Waals surface area contributed by atoms with Crippen LogP contribution in [-0.2, 0) is 4.79 Å². The lowest BCUT2D eigenvalue weighted by Crippen LogP contribution is -3.15. The highest BCUT2D eigenvalue weighted by molar-refractivity contribution is 7.12. The van der Waals surface area contributed by atoms with Gasteiger partial charge < -0.3 is 15.1 Å². The van der Waals surface area contributed by atoms with Crippen LogP contribution < -0.4 is 10.2 Å². The molecule has 1 atom stereocenters. The van der Waals surface area contributed by atoms with Gasteiger partial charge in [0.1, 0.15) is 0 Å². The Morgan fingerprint density at radius 3 is 2.48 bits per heavy atom. The molecule has 1 aliphatic rings. The van der Waals surface area contributed by atoms with Gasteiger partial charge in [0.05, 0.1) is 37.1 Å². The molecule has 2 aromatic rings. The van der Waals surface area contributed by atoms with Gasteiger partial charge in [0.25, 0.3) is 11.8 Å². The second kappa shape index (κ2) is 9.15. The fraction of sp³-hybridized carbons (Fsp3) is 0.429. The van der Waals surface area contributed by atoms with E-state index in [4.69, 9.17) is 0 Å². The molecule has 1 saturated heterocycles. The third-order valence-corrected chi connectivity index (χ3v) is 5.98. The third kappa shape index (κ3) is 5.17. The first-order valence-electron chi connectivity index (χ1n) is 9.59. The van der Waals surface area contributed by atoms with Crippen molar-refractivity contribution in [3.8, 4) is 0 Å². The number of hydrogen-bond acceptors (Lipinski definition) is 3. The Morgan fingerprint density at radius 2 is 1.89 bits per heavy atom. The van der Waals surface area contributed by atoms with Crippen LogP contribution in [0.2, 0.25) is 0 Å². The van der Waals surface area contributed by atoms with E-state index in [9.17, 15) is 9.59 Å². The van der Waals surface area contributed by atoms with Crippen molar-refractivity contribution in [2.75, 3.05) is 32.7 Å². The number of quaternary nitrogens is 1. The largest absolute Gasteiger partial charge is 0.344 e. The maximum Gasteiger partial charge on any atom is 0.275 e. The number of thiophene rings is 1. The third-order valence-electron chi connectivity index (χ3n) is 5.12. The zero-order chi connectivity index (χ0) is 19.2. The molecule has 0 unspecified atom stereocenters. The molecule has 0 saturated carbocycles. The van der Waals surface area contributed by atoms with Crippen LogP contribution >= 0.6 is 11.3 Å². The monoisotopic (exact) mass is 386 g/mol. The molecule has 27 heavy (non-hydrogen) atoms. The summed E-state index contributed by atoms with van der Waals surface area (Å²) in [7, 11) is 0. The summed E-state index contributed by atoms with van der Waals surface area (Å²) in [6, 6.07) is 12.2. The first kappa shape index (κ1) is 19.6. The molecular formula is C21H28N3O2S+. The highest BCUT2D eigenvalue weighted by atomic mass is 32.1. The minimum atomic E-state index is 0.0548. The number of amides is 2. The molecule has 1 fully saturated rings. The molecule has 3 rings (SSSR count). The second-order valence-electron chi connectivity index (χ2n) is 7.14. The molecule has 2 amide bonds. The molecule has 2 heterocycles. The molecule has 1 aromatic heterocycles. The Balaban J connectivity index is 1.47. The van der Waals surface area contributed by atoms with Gasteiger partial charge in [0, 0.05) is 0 Å².